The Labute approximate surface area is 112 Å². The van der Waals surface area contributed by atoms with E-state index in [-0.39, 0.29) is 0 Å². The molecule has 1 heterocycles. The second kappa shape index (κ2) is 4.61. The molecule has 0 saturated heterocycles. The van der Waals surface area contributed by atoms with Crippen LogP contribution in [-0.2, 0) is 0 Å². The van der Waals surface area contributed by atoms with Crippen LogP contribution in [0.2, 0.25) is 0 Å². The Balaban J connectivity index is 1.69. The van der Waals surface area contributed by atoms with Crippen LogP contribution in [0.1, 0.15) is 25.7 Å². The Bertz CT molecular complexity index is 434. The van der Waals surface area contributed by atoms with E-state index >= 15 is 0 Å². The first-order chi connectivity index (χ1) is 8.69. The lowest BCUT2D eigenvalue weighted by Gasteiger charge is -2.27. The van der Waals surface area contributed by atoms with E-state index < -0.39 is 0 Å². The molecule has 0 aromatic carbocycles. The molecule has 2 aliphatic carbocycles. The summed E-state index contributed by atoms with van der Waals surface area (Å²) >= 11 is 1.44. The van der Waals surface area contributed by atoms with Crippen LogP contribution in [0.4, 0.5) is 10.8 Å². The smallest absolute Gasteiger partial charge is 0.197 e. The quantitative estimate of drug-likeness (QED) is 0.911. The van der Waals surface area contributed by atoms with Crippen LogP contribution >= 0.6 is 11.5 Å². The molecule has 5 heteroatoms. The van der Waals surface area contributed by atoms with Crippen molar-refractivity contribution in [1.29, 1.82) is 0 Å². The van der Waals surface area contributed by atoms with Crippen molar-refractivity contribution in [2.45, 2.75) is 25.7 Å². The highest BCUT2D eigenvalue weighted by Crippen LogP contribution is 2.49. The fourth-order valence-electron chi connectivity index (χ4n) is 3.75. The van der Waals surface area contributed by atoms with Gasteiger partial charge in [-0.25, -0.2) is 0 Å². The molecule has 2 N–H and O–H groups in total. The van der Waals surface area contributed by atoms with E-state index in [2.05, 4.69) is 16.3 Å². The molecule has 0 aliphatic heterocycles. The molecule has 4 nitrogen and oxygen atoms in total. The normalized spacial score (nSPS) is 29.8. The lowest BCUT2D eigenvalue weighted by Crippen LogP contribution is -2.28. The minimum Gasteiger partial charge on any atom is -0.490 e. The molecule has 0 spiro atoms. The fraction of sp³-hybridized carbons (Fsp3) is 0.769. The van der Waals surface area contributed by atoms with Gasteiger partial charge in [0.15, 0.2) is 16.6 Å². The fourth-order valence-corrected chi connectivity index (χ4v) is 4.51. The van der Waals surface area contributed by atoms with Crippen molar-refractivity contribution in [3.8, 4) is 5.75 Å². The molecule has 100 valence electrons. The van der Waals surface area contributed by atoms with E-state index in [0.717, 1.165) is 35.0 Å². The zero-order valence-corrected chi connectivity index (χ0v) is 11.9. The van der Waals surface area contributed by atoms with Crippen LogP contribution < -0.4 is 15.4 Å². The molecule has 3 unspecified atom stereocenters. The first-order valence-electron chi connectivity index (χ1n) is 6.69. The predicted molar refractivity (Wildman–Crippen MR) is 75.3 cm³/mol. The van der Waals surface area contributed by atoms with Crippen molar-refractivity contribution < 1.29 is 4.74 Å². The van der Waals surface area contributed by atoms with Gasteiger partial charge in [-0.3, -0.25) is 0 Å². The Kier molecular flexibility index (Phi) is 3.09. The maximum Gasteiger partial charge on any atom is 0.197 e. The van der Waals surface area contributed by atoms with Gasteiger partial charge in [0.1, 0.15) is 0 Å². The molecule has 0 radical (unpaired) electrons. The van der Waals surface area contributed by atoms with Gasteiger partial charge in [0.05, 0.1) is 7.11 Å². The SMILES string of the molecule is COc1c(N)nsc1N(C)CC1CC2CCC1C2. The molecule has 2 bridgehead atoms. The van der Waals surface area contributed by atoms with E-state index in [9.17, 15) is 0 Å². The molecular formula is C13H21N3OS. The summed E-state index contributed by atoms with van der Waals surface area (Å²) in [6.07, 6.45) is 5.76. The highest BCUT2D eigenvalue weighted by atomic mass is 32.1. The van der Waals surface area contributed by atoms with Crippen LogP contribution in [0.5, 0.6) is 5.75 Å². The van der Waals surface area contributed by atoms with Crippen molar-refractivity contribution in [1.82, 2.24) is 4.37 Å². The number of nitrogens with two attached hydrogens (primary N) is 1. The lowest BCUT2D eigenvalue weighted by atomic mass is 9.88. The molecule has 18 heavy (non-hydrogen) atoms. The van der Waals surface area contributed by atoms with Gasteiger partial charge in [-0.15, -0.1) is 0 Å². The molecule has 3 atom stereocenters. The monoisotopic (exact) mass is 267 g/mol. The summed E-state index contributed by atoms with van der Waals surface area (Å²) in [6.45, 7) is 1.11. The van der Waals surface area contributed by atoms with Crippen molar-refractivity contribution in [2.24, 2.45) is 17.8 Å². The standard InChI is InChI=1S/C13H21N3OS/c1-16(13-11(17-2)12(14)15-18-13)7-10-6-8-3-4-9(10)5-8/h8-10H,3-7H2,1-2H3,(H2,14,15). The number of ether oxygens (including phenoxy) is 1. The maximum absolute atomic E-state index is 5.81. The second-order valence-electron chi connectivity index (χ2n) is 5.72. The number of fused-ring (bicyclic) bond motifs is 2. The maximum atomic E-state index is 5.81. The summed E-state index contributed by atoms with van der Waals surface area (Å²) in [7, 11) is 3.79. The van der Waals surface area contributed by atoms with Crippen LogP contribution in [-0.4, -0.2) is 25.1 Å². The highest BCUT2D eigenvalue weighted by molar-refractivity contribution is 7.11. The number of hydrogen-bond acceptors (Lipinski definition) is 5. The molecular weight excluding hydrogens is 246 g/mol. The Hall–Kier alpha value is -0.970. The Morgan fingerprint density at radius 2 is 2.28 bits per heavy atom. The Morgan fingerprint density at radius 1 is 1.44 bits per heavy atom. The van der Waals surface area contributed by atoms with Crippen molar-refractivity contribution in [3.63, 3.8) is 0 Å². The number of hydrogen-bond donors (Lipinski definition) is 1. The molecule has 1 aromatic rings. The highest BCUT2D eigenvalue weighted by Gasteiger charge is 2.40. The number of nitrogen functional groups attached to an aromatic ring is 1. The van der Waals surface area contributed by atoms with Crippen LogP contribution in [0.25, 0.3) is 0 Å². The lowest BCUT2D eigenvalue weighted by molar-refractivity contribution is 0.336. The minimum absolute atomic E-state index is 0.511. The van der Waals surface area contributed by atoms with E-state index in [4.69, 9.17) is 10.5 Å². The average Bonchev–Trinajstić information content (AvgIpc) is 3.03. The van der Waals surface area contributed by atoms with Crippen molar-refractivity contribution in [3.05, 3.63) is 0 Å². The summed E-state index contributed by atoms with van der Waals surface area (Å²) in [5, 5.41) is 1.07. The van der Waals surface area contributed by atoms with Gasteiger partial charge in [0, 0.05) is 13.6 Å². The summed E-state index contributed by atoms with van der Waals surface area (Å²) in [4.78, 5) is 2.28. The molecule has 0 amide bonds. The van der Waals surface area contributed by atoms with Gasteiger partial charge in [-0.1, -0.05) is 6.42 Å². The summed E-state index contributed by atoms with van der Waals surface area (Å²) in [6, 6.07) is 0. The van der Waals surface area contributed by atoms with E-state index in [1.54, 1.807) is 7.11 Å². The molecule has 1 aromatic heterocycles. The van der Waals surface area contributed by atoms with Gasteiger partial charge >= 0.3 is 0 Å². The number of anilines is 2. The van der Waals surface area contributed by atoms with Gasteiger partial charge < -0.3 is 15.4 Å². The van der Waals surface area contributed by atoms with Crippen LogP contribution in [0.15, 0.2) is 0 Å². The number of aromatic nitrogens is 1. The largest absolute Gasteiger partial charge is 0.490 e. The summed E-state index contributed by atoms with van der Waals surface area (Å²) in [5.74, 6) is 4.06. The first kappa shape index (κ1) is 12.1. The molecule has 2 aliphatic rings. The van der Waals surface area contributed by atoms with E-state index in [0.29, 0.717) is 5.82 Å². The topological polar surface area (TPSA) is 51.4 Å². The second-order valence-corrected chi connectivity index (χ2v) is 6.47. The van der Waals surface area contributed by atoms with Gasteiger partial charge in [-0.05, 0) is 48.5 Å². The molecule has 3 rings (SSSR count). The number of rotatable bonds is 4. The zero-order valence-electron chi connectivity index (χ0n) is 11.1. The van der Waals surface area contributed by atoms with E-state index in [1.807, 2.05) is 0 Å². The van der Waals surface area contributed by atoms with Crippen molar-refractivity contribution >= 4 is 22.4 Å². The first-order valence-corrected chi connectivity index (χ1v) is 7.46. The van der Waals surface area contributed by atoms with Crippen LogP contribution in [0, 0.1) is 17.8 Å². The van der Waals surface area contributed by atoms with Gasteiger partial charge in [0.25, 0.3) is 0 Å². The predicted octanol–water partition coefficient (Wildman–Crippen LogP) is 2.61. The summed E-state index contributed by atoms with van der Waals surface area (Å²) in [5.41, 5.74) is 5.81. The van der Waals surface area contributed by atoms with Crippen LogP contribution in [0.3, 0.4) is 0 Å². The third-order valence-corrected chi connectivity index (χ3v) is 5.56. The number of nitrogens with zero attached hydrogens (tertiary/aromatic N) is 2. The third kappa shape index (κ3) is 1.94. The zero-order chi connectivity index (χ0) is 12.7. The van der Waals surface area contributed by atoms with E-state index in [1.165, 1.54) is 37.2 Å². The molecule has 2 fully saturated rings. The third-order valence-electron chi connectivity index (χ3n) is 4.60. The summed E-state index contributed by atoms with van der Waals surface area (Å²) < 4.78 is 9.53. The average molecular weight is 267 g/mol. The molecule has 2 saturated carbocycles. The van der Waals surface area contributed by atoms with Gasteiger partial charge in [0.2, 0.25) is 0 Å². The minimum atomic E-state index is 0.511. The van der Waals surface area contributed by atoms with Gasteiger partial charge in [-0.2, -0.15) is 4.37 Å². The van der Waals surface area contributed by atoms with Crippen molar-refractivity contribution in [2.75, 3.05) is 31.3 Å². The number of methoxy groups -OCH3 is 1. The Morgan fingerprint density at radius 3 is 2.89 bits per heavy atom.